The molecule has 0 atom stereocenters. The first-order chi connectivity index (χ1) is 12.9. The SMILES string of the molecule is CCNS(=O)(=O)c1ccc(C(=O)N2CCN(c3cccc(C)c3)CC2)cc1. The van der Waals surface area contributed by atoms with Crippen molar-refractivity contribution in [2.75, 3.05) is 37.6 Å². The number of hydrogen-bond donors (Lipinski definition) is 1. The molecule has 1 N–H and O–H groups in total. The number of carbonyl (C=O) groups excluding carboxylic acids is 1. The molecular formula is C20H25N3O3S. The van der Waals surface area contributed by atoms with E-state index < -0.39 is 10.0 Å². The van der Waals surface area contributed by atoms with Gasteiger partial charge < -0.3 is 9.80 Å². The lowest BCUT2D eigenvalue weighted by atomic mass is 10.1. The van der Waals surface area contributed by atoms with E-state index in [1.54, 1.807) is 19.1 Å². The molecule has 144 valence electrons. The van der Waals surface area contributed by atoms with Crippen LogP contribution in [-0.2, 0) is 10.0 Å². The quantitative estimate of drug-likeness (QED) is 0.854. The molecule has 1 saturated heterocycles. The van der Waals surface area contributed by atoms with E-state index in [1.165, 1.54) is 23.4 Å². The van der Waals surface area contributed by atoms with E-state index in [1.807, 2.05) is 11.0 Å². The molecule has 6 nitrogen and oxygen atoms in total. The van der Waals surface area contributed by atoms with Crippen molar-refractivity contribution in [1.82, 2.24) is 9.62 Å². The van der Waals surface area contributed by atoms with Crippen molar-refractivity contribution in [2.24, 2.45) is 0 Å². The number of nitrogens with zero attached hydrogens (tertiary/aromatic N) is 2. The van der Waals surface area contributed by atoms with Crippen molar-refractivity contribution in [3.63, 3.8) is 0 Å². The Balaban J connectivity index is 1.64. The van der Waals surface area contributed by atoms with Crippen molar-refractivity contribution in [3.05, 3.63) is 59.7 Å². The van der Waals surface area contributed by atoms with Gasteiger partial charge in [-0.2, -0.15) is 0 Å². The van der Waals surface area contributed by atoms with Crippen molar-refractivity contribution in [1.29, 1.82) is 0 Å². The first-order valence-corrected chi connectivity index (χ1v) is 10.6. The molecule has 0 aromatic heterocycles. The van der Waals surface area contributed by atoms with Crippen molar-refractivity contribution >= 4 is 21.6 Å². The average Bonchev–Trinajstić information content (AvgIpc) is 2.68. The van der Waals surface area contributed by atoms with Crippen LogP contribution in [0.1, 0.15) is 22.8 Å². The molecule has 7 heteroatoms. The Hall–Kier alpha value is -2.38. The van der Waals surface area contributed by atoms with Crippen LogP contribution in [0.25, 0.3) is 0 Å². The van der Waals surface area contributed by atoms with Gasteiger partial charge in [0.15, 0.2) is 0 Å². The number of sulfonamides is 1. The fourth-order valence-corrected chi connectivity index (χ4v) is 4.27. The van der Waals surface area contributed by atoms with E-state index >= 15 is 0 Å². The van der Waals surface area contributed by atoms with Gasteiger partial charge >= 0.3 is 0 Å². The number of nitrogens with one attached hydrogen (secondary N) is 1. The Morgan fingerprint density at radius 1 is 1.04 bits per heavy atom. The number of hydrogen-bond acceptors (Lipinski definition) is 4. The van der Waals surface area contributed by atoms with Gasteiger partial charge in [0.25, 0.3) is 5.91 Å². The highest BCUT2D eigenvalue weighted by atomic mass is 32.2. The van der Waals surface area contributed by atoms with E-state index in [2.05, 4.69) is 34.7 Å². The van der Waals surface area contributed by atoms with Crippen molar-refractivity contribution in [3.8, 4) is 0 Å². The topological polar surface area (TPSA) is 69.7 Å². The molecule has 2 aromatic rings. The summed E-state index contributed by atoms with van der Waals surface area (Å²) in [6.07, 6.45) is 0. The third-order valence-corrected chi connectivity index (χ3v) is 6.24. The van der Waals surface area contributed by atoms with Crippen LogP contribution < -0.4 is 9.62 Å². The van der Waals surface area contributed by atoms with Gasteiger partial charge in [-0.05, 0) is 48.9 Å². The molecular weight excluding hydrogens is 362 g/mol. The average molecular weight is 388 g/mol. The summed E-state index contributed by atoms with van der Waals surface area (Å²) in [4.78, 5) is 17.0. The minimum absolute atomic E-state index is 0.0636. The molecule has 0 radical (unpaired) electrons. The Bertz CT molecular complexity index is 902. The minimum Gasteiger partial charge on any atom is -0.368 e. The number of carbonyl (C=O) groups is 1. The Kier molecular flexibility index (Phi) is 5.82. The van der Waals surface area contributed by atoms with Crippen LogP contribution in [-0.4, -0.2) is 51.9 Å². The molecule has 1 heterocycles. The molecule has 2 aromatic carbocycles. The van der Waals surface area contributed by atoms with Crippen LogP contribution in [0.4, 0.5) is 5.69 Å². The molecule has 27 heavy (non-hydrogen) atoms. The van der Waals surface area contributed by atoms with Gasteiger partial charge in [0.05, 0.1) is 4.90 Å². The Morgan fingerprint density at radius 3 is 2.30 bits per heavy atom. The monoisotopic (exact) mass is 387 g/mol. The zero-order valence-corrected chi connectivity index (χ0v) is 16.5. The summed E-state index contributed by atoms with van der Waals surface area (Å²) in [5.74, 6) is -0.0636. The summed E-state index contributed by atoms with van der Waals surface area (Å²) in [6.45, 7) is 6.97. The summed E-state index contributed by atoms with van der Waals surface area (Å²) >= 11 is 0. The fourth-order valence-electron chi connectivity index (χ4n) is 3.22. The predicted octanol–water partition coefficient (Wildman–Crippen LogP) is 2.26. The van der Waals surface area contributed by atoms with Crippen LogP contribution in [0, 0.1) is 6.92 Å². The highest BCUT2D eigenvalue weighted by Gasteiger charge is 2.23. The molecule has 1 fully saturated rings. The lowest BCUT2D eigenvalue weighted by Crippen LogP contribution is -2.48. The van der Waals surface area contributed by atoms with E-state index in [0.717, 1.165) is 13.1 Å². The molecule has 0 saturated carbocycles. The third-order valence-electron chi connectivity index (χ3n) is 4.68. The minimum atomic E-state index is -3.50. The summed E-state index contributed by atoms with van der Waals surface area (Å²) < 4.78 is 26.4. The largest absolute Gasteiger partial charge is 0.368 e. The van der Waals surface area contributed by atoms with Crippen molar-refractivity contribution < 1.29 is 13.2 Å². The summed E-state index contributed by atoms with van der Waals surface area (Å²) in [7, 11) is -3.50. The van der Waals surface area contributed by atoms with E-state index in [9.17, 15) is 13.2 Å². The predicted molar refractivity (Wildman–Crippen MR) is 107 cm³/mol. The van der Waals surface area contributed by atoms with Gasteiger partial charge in [0, 0.05) is 44.0 Å². The molecule has 0 bridgehead atoms. The summed E-state index contributed by atoms with van der Waals surface area (Å²) in [6, 6.07) is 14.5. The van der Waals surface area contributed by atoms with Gasteiger partial charge in [-0.15, -0.1) is 0 Å². The van der Waals surface area contributed by atoms with Gasteiger partial charge in [-0.1, -0.05) is 19.1 Å². The van der Waals surface area contributed by atoms with E-state index in [-0.39, 0.29) is 10.8 Å². The second-order valence-corrected chi connectivity index (χ2v) is 8.41. The van der Waals surface area contributed by atoms with Crippen LogP contribution in [0.5, 0.6) is 0 Å². The highest BCUT2D eigenvalue weighted by molar-refractivity contribution is 7.89. The second kappa shape index (κ2) is 8.10. The van der Waals surface area contributed by atoms with Gasteiger partial charge in [-0.3, -0.25) is 4.79 Å². The number of benzene rings is 2. The van der Waals surface area contributed by atoms with Crippen LogP contribution in [0.15, 0.2) is 53.4 Å². The van der Waals surface area contributed by atoms with Gasteiger partial charge in [0.2, 0.25) is 10.0 Å². The molecule has 3 rings (SSSR count). The van der Waals surface area contributed by atoms with E-state index in [4.69, 9.17) is 0 Å². The van der Waals surface area contributed by atoms with Crippen molar-refractivity contribution in [2.45, 2.75) is 18.7 Å². The fraction of sp³-hybridized carbons (Fsp3) is 0.350. The number of rotatable bonds is 5. The smallest absolute Gasteiger partial charge is 0.253 e. The number of piperazine rings is 1. The first-order valence-electron chi connectivity index (χ1n) is 9.11. The standard InChI is InChI=1S/C20H25N3O3S/c1-3-21-27(25,26)19-9-7-17(8-10-19)20(24)23-13-11-22(12-14-23)18-6-4-5-16(2)15-18/h4-10,15,21H,3,11-14H2,1-2H3. The van der Waals surface area contributed by atoms with Crippen LogP contribution in [0.2, 0.25) is 0 Å². The molecule has 1 aliphatic heterocycles. The van der Waals surface area contributed by atoms with Gasteiger partial charge in [0.1, 0.15) is 0 Å². The molecule has 1 amide bonds. The van der Waals surface area contributed by atoms with E-state index in [0.29, 0.717) is 25.2 Å². The zero-order chi connectivity index (χ0) is 19.4. The summed E-state index contributed by atoms with van der Waals surface area (Å²) in [5, 5.41) is 0. The van der Waals surface area contributed by atoms with Crippen LogP contribution >= 0.6 is 0 Å². The van der Waals surface area contributed by atoms with Gasteiger partial charge in [-0.25, -0.2) is 13.1 Å². The Labute approximate surface area is 160 Å². The number of amides is 1. The molecule has 1 aliphatic rings. The number of anilines is 1. The Morgan fingerprint density at radius 2 is 1.70 bits per heavy atom. The molecule has 0 spiro atoms. The second-order valence-electron chi connectivity index (χ2n) is 6.64. The lowest BCUT2D eigenvalue weighted by Gasteiger charge is -2.36. The first kappa shape index (κ1) is 19.4. The zero-order valence-electron chi connectivity index (χ0n) is 15.7. The molecule has 0 aliphatic carbocycles. The van der Waals surface area contributed by atoms with Crippen LogP contribution in [0.3, 0.4) is 0 Å². The maximum atomic E-state index is 12.7. The normalized spacial score (nSPS) is 15.0. The molecule has 0 unspecified atom stereocenters. The maximum absolute atomic E-state index is 12.7. The lowest BCUT2D eigenvalue weighted by molar-refractivity contribution is 0.0746. The number of aryl methyl sites for hydroxylation is 1. The third kappa shape index (κ3) is 4.48. The maximum Gasteiger partial charge on any atom is 0.253 e. The highest BCUT2D eigenvalue weighted by Crippen LogP contribution is 2.19. The summed E-state index contributed by atoms with van der Waals surface area (Å²) in [5.41, 5.74) is 2.91.